The molecule has 0 radical (unpaired) electrons. The van der Waals surface area contributed by atoms with Crippen LogP contribution in [0.25, 0.3) is 0 Å². The van der Waals surface area contributed by atoms with Gasteiger partial charge in [0, 0.05) is 19.4 Å². The van der Waals surface area contributed by atoms with Crippen molar-refractivity contribution in [2.75, 3.05) is 19.8 Å². The highest BCUT2D eigenvalue weighted by Gasteiger charge is 2.17. The van der Waals surface area contributed by atoms with Crippen LogP contribution in [0.1, 0.15) is 265 Å². The van der Waals surface area contributed by atoms with E-state index in [0.717, 1.165) is 77.0 Å². The van der Waals surface area contributed by atoms with Crippen molar-refractivity contribution in [3.8, 4) is 0 Å². The van der Waals surface area contributed by atoms with Gasteiger partial charge < -0.3 is 14.2 Å². The summed E-state index contributed by atoms with van der Waals surface area (Å²) < 4.78 is 17.4. The van der Waals surface area contributed by atoms with Crippen molar-refractivity contribution < 1.29 is 23.8 Å². The van der Waals surface area contributed by atoms with E-state index < -0.39 is 6.10 Å². The van der Waals surface area contributed by atoms with Crippen LogP contribution in [-0.4, -0.2) is 37.9 Å². The zero-order chi connectivity index (χ0) is 43.5. The van der Waals surface area contributed by atoms with Gasteiger partial charge in [-0.05, 0) is 77.0 Å². The first-order valence-corrected chi connectivity index (χ1v) is 26.2. The van der Waals surface area contributed by atoms with Gasteiger partial charge in [0.2, 0.25) is 0 Å². The Bertz CT molecular complexity index is 997. The predicted octanol–water partition coefficient (Wildman–Crippen LogP) is 17.6. The van der Waals surface area contributed by atoms with Gasteiger partial charge in [0.05, 0.1) is 6.61 Å². The van der Waals surface area contributed by atoms with E-state index in [2.05, 4.69) is 69.4 Å². The van der Waals surface area contributed by atoms with E-state index in [1.165, 1.54) is 154 Å². The van der Waals surface area contributed by atoms with Crippen LogP contribution in [0.4, 0.5) is 0 Å². The van der Waals surface area contributed by atoms with Gasteiger partial charge in [-0.1, -0.05) is 223 Å². The highest BCUT2D eigenvalue weighted by Crippen LogP contribution is 2.15. The number of hydrogen-bond acceptors (Lipinski definition) is 5. The summed E-state index contributed by atoms with van der Waals surface area (Å²) in [6.45, 7) is 7.71. The summed E-state index contributed by atoms with van der Waals surface area (Å²) >= 11 is 0. The van der Waals surface area contributed by atoms with Gasteiger partial charge in [0.15, 0.2) is 6.10 Å². The van der Waals surface area contributed by atoms with Crippen LogP contribution in [0.15, 0.2) is 48.6 Å². The molecule has 0 heterocycles. The van der Waals surface area contributed by atoms with Crippen LogP contribution in [0.2, 0.25) is 0 Å². The number of hydrogen-bond donors (Lipinski definition) is 0. The summed E-state index contributed by atoms with van der Waals surface area (Å²) in [6.07, 6.45) is 62.6. The molecule has 0 aliphatic carbocycles. The second kappa shape index (κ2) is 51.2. The number of carbonyl (C=O) groups is 2. The molecular formula is C55H100O5. The third-order valence-corrected chi connectivity index (χ3v) is 11.3. The summed E-state index contributed by atoms with van der Waals surface area (Å²) in [5, 5.41) is 0. The van der Waals surface area contributed by atoms with Crippen LogP contribution in [-0.2, 0) is 23.8 Å². The van der Waals surface area contributed by atoms with Crippen LogP contribution >= 0.6 is 0 Å². The third-order valence-electron chi connectivity index (χ3n) is 11.3. The molecule has 0 aromatic heterocycles. The number of allylic oxidation sites excluding steroid dienone is 8. The molecule has 0 aliphatic heterocycles. The van der Waals surface area contributed by atoms with Crippen molar-refractivity contribution in [1.82, 2.24) is 0 Å². The highest BCUT2D eigenvalue weighted by molar-refractivity contribution is 5.70. The van der Waals surface area contributed by atoms with E-state index >= 15 is 0 Å². The molecular weight excluding hydrogens is 741 g/mol. The summed E-state index contributed by atoms with van der Waals surface area (Å²) in [7, 11) is 0. The molecule has 1 atom stereocenters. The molecule has 0 saturated heterocycles. The van der Waals surface area contributed by atoms with Crippen molar-refractivity contribution in [3.63, 3.8) is 0 Å². The Morgan fingerprint density at radius 2 is 0.750 bits per heavy atom. The maximum Gasteiger partial charge on any atom is 0.306 e. The summed E-state index contributed by atoms with van der Waals surface area (Å²) in [5.74, 6) is -0.404. The first-order chi connectivity index (χ1) is 29.6. The van der Waals surface area contributed by atoms with Gasteiger partial charge in [0.25, 0.3) is 0 Å². The fourth-order valence-electron chi connectivity index (χ4n) is 7.46. The molecule has 5 heteroatoms. The summed E-state index contributed by atoms with van der Waals surface area (Å²) in [5.41, 5.74) is 0. The fourth-order valence-corrected chi connectivity index (χ4v) is 7.46. The lowest BCUT2D eigenvalue weighted by Crippen LogP contribution is -2.30. The quantitative estimate of drug-likeness (QED) is 0.0347. The van der Waals surface area contributed by atoms with Crippen LogP contribution < -0.4 is 0 Å². The topological polar surface area (TPSA) is 61.8 Å². The highest BCUT2D eigenvalue weighted by atomic mass is 16.6. The van der Waals surface area contributed by atoms with Gasteiger partial charge in [-0.2, -0.15) is 0 Å². The van der Waals surface area contributed by atoms with Crippen molar-refractivity contribution in [2.24, 2.45) is 0 Å². The predicted molar refractivity (Wildman–Crippen MR) is 261 cm³/mol. The van der Waals surface area contributed by atoms with Crippen molar-refractivity contribution >= 4 is 11.9 Å². The van der Waals surface area contributed by atoms with Crippen molar-refractivity contribution in [3.05, 3.63) is 48.6 Å². The molecule has 0 saturated carbocycles. The molecule has 0 rings (SSSR count). The van der Waals surface area contributed by atoms with Gasteiger partial charge in [-0.3, -0.25) is 9.59 Å². The molecule has 60 heavy (non-hydrogen) atoms. The molecule has 0 aliphatic rings. The van der Waals surface area contributed by atoms with Gasteiger partial charge >= 0.3 is 11.9 Å². The third kappa shape index (κ3) is 48.5. The van der Waals surface area contributed by atoms with Gasteiger partial charge in [-0.15, -0.1) is 0 Å². The number of rotatable bonds is 48. The minimum atomic E-state index is -0.543. The van der Waals surface area contributed by atoms with E-state index in [4.69, 9.17) is 14.2 Å². The maximum absolute atomic E-state index is 12.8. The molecule has 0 amide bonds. The van der Waals surface area contributed by atoms with Crippen LogP contribution in [0.3, 0.4) is 0 Å². The first-order valence-electron chi connectivity index (χ1n) is 26.2. The lowest BCUT2D eigenvalue weighted by molar-refractivity contribution is -0.163. The Labute approximate surface area is 373 Å². The molecule has 5 nitrogen and oxygen atoms in total. The van der Waals surface area contributed by atoms with E-state index in [1.54, 1.807) is 0 Å². The average molecular weight is 841 g/mol. The lowest BCUT2D eigenvalue weighted by atomic mass is 10.0. The Balaban J connectivity index is 4.27. The molecule has 0 fully saturated rings. The first kappa shape index (κ1) is 57.9. The Morgan fingerprint density at radius 1 is 0.383 bits per heavy atom. The molecule has 350 valence electrons. The van der Waals surface area contributed by atoms with E-state index in [1.807, 2.05) is 0 Å². The lowest BCUT2D eigenvalue weighted by Gasteiger charge is -2.18. The molecule has 0 aromatic rings. The minimum Gasteiger partial charge on any atom is -0.462 e. The summed E-state index contributed by atoms with van der Waals surface area (Å²) in [4.78, 5) is 25.4. The van der Waals surface area contributed by atoms with Gasteiger partial charge in [0.1, 0.15) is 6.61 Å². The standard InChI is InChI=1S/C55H100O5/c1-4-7-10-13-16-19-22-25-27-29-32-35-38-41-44-47-50-58-51-53(60-55(57)49-46-43-40-37-34-30-24-21-18-15-12-9-6-3)52-59-54(56)48-45-42-39-36-33-31-28-26-23-20-17-14-11-8-5-2/h7,10,16,19,25-28,53H,4-6,8-9,11-15,17-18,20-24,29-52H2,1-3H3/b10-7-,19-16-,27-25-,28-26-. The average Bonchev–Trinajstić information content (AvgIpc) is 3.25. The molecule has 0 N–H and O–H groups in total. The zero-order valence-corrected chi connectivity index (χ0v) is 40.2. The Morgan fingerprint density at radius 3 is 1.22 bits per heavy atom. The van der Waals surface area contributed by atoms with Crippen LogP contribution in [0, 0.1) is 0 Å². The normalized spacial score (nSPS) is 12.5. The molecule has 1 unspecified atom stereocenters. The molecule has 0 bridgehead atoms. The van der Waals surface area contributed by atoms with Crippen LogP contribution in [0.5, 0.6) is 0 Å². The molecule has 0 aromatic carbocycles. The van der Waals surface area contributed by atoms with E-state index in [0.29, 0.717) is 19.4 Å². The van der Waals surface area contributed by atoms with E-state index in [9.17, 15) is 9.59 Å². The fraction of sp³-hybridized carbons (Fsp3) is 0.818. The monoisotopic (exact) mass is 841 g/mol. The van der Waals surface area contributed by atoms with Crippen molar-refractivity contribution in [1.29, 1.82) is 0 Å². The SMILES string of the molecule is CC/C=C\C/C=C\C/C=C\CCCCCCCCOCC(COC(=O)CCCCCCC/C=C\CCCCCCCC)OC(=O)CCCCCCCCCCCCCCC. The second-order valence-electron chi connectivity index (χ2n) is 17.4. The largest absolute Gasteiger partial charge is 0.462 e. The van der Waals surface area contributed by atoms with E-state index in [-0.39, 0.29) is 25.2 Å². The number of esters is 2. The number of carbonyl (C=O) groups excluding carboxylic acids is 2. The second-order valence-corrected chi connectivity index (χ2v) is 17.4. The summed E-state index contributed by atoms with van der Waals surface area (Å²) in [6, 6.07) is 0. The number of ether oxygens (including phenoxy) is 3. The zero-order valence-electron chi connectivity index (χ0n) is 40.2. The molecule has 0 spiro atoms. The van der Waals surface area contributed by atoms with Gasteiger partial charge in [-0.25, -0.2) is 0 Å². The number of unbranched alkanes of at least 4 members (excludes halogenated alkanes) is 29. The Hall–Kier alpha value is -2.14. The Kier molecular flexibility index (Phi) is 49.4. The van der Waals surface area contributed by atoms with Crippen molar-refractivity contribution in [2.45, 2.75) is 271 Å². The smallest absolute Gasteiger partial charge is 0.306 e. The minimum absolute atomic E-state index is 0.0787. The maximum atomic E-state index is 12.8.